The van der Waals surface area contributed by atoms with E-state index in [1.807, 2.05) is 34.1 Å². The lowest BCUT2D eigenvalue weighted by Gasteiger charge is -2.37. The molecule has 5 saturated heterocycles. The van der Waals surface area contributed by atoms with E-state index >= 15 is 4.39 Å². The van der Waals surface area contributed by atoms with Gasteiger partial charge in [0.05, 0.1) is 11.7 Å². The highest BCUT2D eigenvalue weighted by atomic mass is 19.1. The molecule has 2 atom stereocenters. The number of nitrogens with one attached hydrogen (secondary N) is 2. The fourth-order valence-corrected chi connectivity index (χ4v) is 8.49. The Bertz CT molecular complexity index is 1980. The predicted octanol–water partition coefficient (Wildman–Crippen LogP) is 2.28. The van der Waals surface area contributed by atoms with Crippen LogP contribution in [-0.2, 0) is 4.79 Å². The van der Waals surface area contributed by atoms with Gasteiger partial charge in [-0.1, -0.05) is 0 Å². The van der Waals surface area contributed by atoms with Crippen molar-refractivity contribution in [3.63, 3.8) is 0 Å². The molecule has 5 aliphatic heterocycles. The normalized spacial score (nSPS) is 22.3. The summed E-state index contributed by atoms with van der Waals surface area (Å²) in [7, 11) is 1.80. The molecule has 6 amide bonds. The minimum absolute atomic E-state index is 0.0114. The Morgan fingerprint density at radius 3 is 2.38 bits per heavy atom. The SMILES string of the molecule is CN1CCN([C@@H]2CCCN(c3nnc(C(N)=O)c(Nc4ccc(N5CCN(C[C@H]6CCN(c7ccc(N8CCC(=O)NC8=O)cc7)C6)CC5)c(F)c4)n3)C2)C1=O. The number of carbonyl (C=O) groups excluding carboxylic acids is 4. The lowest BCUT2D eigenvalue weighted by atomic mass is 10.0. The summed E-state index contributed by atoms with van der Waals surface area (Å²) >= 11 is 0. The second-order valence-electron chi connectivity index (χ2n) is 15.3. The number of rotatable bonds is 10. The van der Waals surface area contributed by atoms with Crippen molar-refractivity contribution in [1.29, 1.82) is 0 Å². The molecule has 0 bridgehead atoms. The number of piperidine rings is 1. The molecule has 8 rings (SSSR count). The molecular formula is C38H48FN13O4. The van der Waals surface area contributed by atoms with E-state index in [0.717, 1.165) is 63.4 Å². The first-order chi connectivity index (χ1) is 27.1. The summed E-state index contributed by atoms with van der Waals surface area (Å²) in [6.45, 7) is 8.85. The van der Waals surface area contributed by atoms with E-state index in [9.17, 15) is 19.2 Å². The second-order valence-corrected chi connectivity index (χ2v) is 15.3. The number of primary amides is 1. The van der Waals surface area contributed by atoms with Crippen molar-refractivity contribution < 1.29 is 23.6 Å². The highest BCUT2D eigenvalue weighted by Gasteiger charge is 2.35. The van der Waals surface area contributed by atoms with Gasteiger partial charge in [0.2, 0.25) is 11.9 Å². The molecule has 2 aromatic carbocycles. The van der Waals surface area contributed by atoms with Crippen molar-refractivity contribution in [2.75, 3.05) is 111 Å². The van der Waals surface area contributed by atoms with Gasteiger partial charge in [0.15, 0.2) is 11.5 Å². The number of nitrogens with zero attached hydrogens (tertiary/aromatic N) is 10. The minimum atomic E-state index is -0.805. The molecule has 56 heavy (non-hydrogen) atoms. The number of likely N-dealkylation sites (N-methyl/N-ethyl adjacent to an activating group) is 1. The summed E-state index contributed by atoms with van der Waals surface area (Å²) in [5.74, 6) is -0.530. The van der Waals surface area contributed by atoms with Crippen LogP contribution in [-0.4, -0.2) is 145 Å². The fraction of sp³-hybridized carbons (Fsp3) is 0.500. The lowest BCUT2D eigenvalue weighted by molar-refractivity contribution is -0.120. The van der Waals surface area contributed by atoms with E-state index in [1.165, 1.54) is 6.07 Å². The molecule has 0 aliphatic carbocycles. The maximum atomic E-state index is 15.7. The van der Waals surface area contributed by atoms with Crippen molar-refractivity contribution in [3.05, 3.63) is 54.0 Å². The van der Waals surface area contributed by atoms with Crippen molar-refractivity contribution in [1.82, 2.24) is 35.2 Å². The van der Waals surface area contributed by atoms with Crippen LogP contribution in [0.3, 0.4) is 0 Å². The zero-order chi connectivity index (χ0) is 38.9. The number of halogens is 1. The highest BCUT2D eigenvalue weighted by molar-refractivity contribution is 6.05. The Morgan fingerprint density at radius 2 is 1.66 bits per heavy atom. The smallest absolute Gasteiger partial charge is 0.328 e. The van der Waals surface area contributed by atoms with Crippen molar-refractivity contribution >= 4 is 58.4 Å². The molecule has 17 nitrogen and oxygen atoms in total. The van der Waals surface area contributed by atoms with Crippen LogP contribution >= 0.6 is 0 Å². The molecule has 0 spiro atoms. The van der Waals surface area contributed by atoms with Crippen LogP contribution in [0.15, 0.2) is 42.5 Å². The van der Waals surface area contributed by atoms with Gasteiger partial charge in [0, 0.05) is 109 Å². The topological polar surface area (TPSA) is 180 Å². The molecule has 5 fully saturated rings. The van der Waals surface area contributed by atoms with Crippen molar-refractivity contribution in [2.45, 2.75) is 31.7 Å². The van der Waals surface area contributed by atoms with Gasteiger partial charge in [0.25, 0.3) is 5.91 Å². The fourth-order valence-electron chi connectivity index (χ4n) is 8.49. The zero-order valence-corrected chi connectivity index (χ0v) is 31.6. The molecular weight excluding hydrogens is 722 g/mol. The number of piperazine rings is 1. The van der Waals surface area contributed by atoms with E-state index in [1.54, 1.807) is 29.0 Å². The van der Waals surface area contributed by atoms with E-state index in [0.29, 0.717) is 75.5 Å². The van der Waals surface area contributed by atoms with Crippen LogP contribution in [0.2, 0.25) is 0 Å². The van der Waals surface area contributed by atoms with Gasteiger partial charge in [-0.15, -0.1) is 10.2 Å². The maximum absolute atomic E-state index is 15.7. The Labute approximate surface area is 324 Å². The molecule has 4 N–H and O–H groups in total. The van der Waals surface area contributed by atoms with Crippen LogP contribution in [0.25, 0.3) is 0 Å². The third-order valence-electron chi connectivity index (χ3n) is 11.6. The minimum Gasteiger partial charge on any atom is -0.371 e. The zero-order valence-electron chi connectivity index (χ0n) is 31.6. The number of benzene rings is 2. The summed E-state index contributed by atoms with van der Waals surface area (Å²) in [6, 6.07) is 12.5. The van der Waals surface area contributed by atoms with Gasteiger partial charge in [-0.05, 0) is 67.6 Å². The Balaban J connectivity index is 0.842. The van der Waals surface area contributed by atoms with E-state index in [-0.39, 0.29) is 35.5 Å². The van der Waals surface area contributed by atoms with Gasteiger partial charge >= 0.3 is 12.1 Å². The summed E-state index contributed by atoms with van der Waals surface area (Å²) in [5, 5.41) is 13.7. The molecule has 5 aliphatic rings. The first-order valence-electron chi connectivity index (χ1n) is 19.4. The Morgan fingerprint density at radius 1 is 0.875 bits per heavy atom. The van der Waals surface area contributed by atoms with Gasteiger partial charge in [-0.3, -0.25) is 24.7 Å². The van der Waals surface area contributed by atoms with Crippen LogP contribution < -0.4 is 36.0 Å². The number of urea groups is 2. The molecule has 296 valence electrons. The van der Waals surface area contributed by atoms with Gasteiger partial charge in [0.1, 0.15) is 5.82 Å². The van der Waals surface area contributed by atoms with Crippen LogP contribution in [0.4, 0.5) is 48.5 Å². The average Bonchev–Trinajstić information content (AvgIpc) is 3.80. The summed E-state index contributed by atoms with van der Waals surface area (Å²) in [6.07, 6.45) is 3.09. The second kappa shape index (κ2) is 15.8. The number of imide groups is 1. The molecule has 0 saturated carbocycles. The van der Waals surface area contributed by atoms with Crippen LogP contribution in [0, 0.1) is 11.7 Å². The molecule has 0 radical (unpaired) electrons. The maximum Gasteiger partial charge on any atom is 0.328 e. The summed E-state index contributed by atoms with van der Waals surface area (Å²) in [5.41, 5.74) is 8.27. The van der Waals surface area contributed by atoms with Crippen LogP contribution in [0.1, 0.15) is 36.2 Å². The quantitative estimate of drug-likeness (QED) is 0.275. The number of aromatic nitrogens is 3. The average molecular weight is 770 g/mol. The molecule has 18 heteroatoms. The number of hydrogen-bond acceptors (Lipinski definition) is 12. The highest BCUT2D eigenvalue weighted by Crippen LogP contribution is 2.30. The summed E-state index contributed by atoms with van der Waals surface area (Å²) in [4.78, 5) is 67.3. The van der Waals surface area contributed by atoms with Crippen molar-refractivity contribution in [3.8, 4) is 0 Å². The predicted molar refractivity (Wildman–Crippen MR) is 209 cm³/mol. The molecule has 0 unspecified atom stereocenters. The lowest BCUT2D eigenvalue weighted by Crippen LogP contribution is -2.49. The van der Waals surface area contributed by atoms with E-state index < -0.39 is 11.7 Å². The molecule has 6 heterocycles. The Hall–Kier alpha value is -5.78. The van der Waals surface area contributed by atoms with Crippen molar-refractivity contribution in [2.24, 2.45) is 11.7 Å². The molecule has 3 aromatic rings. The first kappa shape index (κ1) is 37.2. The van der Waals surface area contributed by atoms with E-state index in [2.05, 4.69) is 40.5 Å². The molecule has 1 aromatic heterocycles. The Kier molecular flexibility index (Phi) is 10.5. The summed E-state index contributed by atoms with van der Waals surface area (Å²) < 4.78 is 15.7. The third kappa shape index (κ3) is 7.82. The third-order valence-corrected chi connectivity index (χ3v) is 11.6. The van der Waals surface area contributed by atoms with Gasteiger partial charge in [-0.2, -0.15) is 4.98 Å². The number of nitrogens with two attached hydrogens (primary N) is 1. The van der Waals surface area contributed by atoms with Gasteiger partial charge < -0.3 is 35.6 Å². The number of carbonyl (C=O) groups is 4. The number of anilines is 6. The monoisotopic (exact) mass is 769 g/mol. The number of amides is 6. The van der Waals surface area contributed by atoms with Crippen LogP contribution in [0.5, 0.6) is 0 Å². The first-order valence-corrected chi connectivity index (χ1v) is 19.4. The van der Waals surface area contributed by atoms with E-state index in [4.69, 9.17) is 5.73 Å². The number of hydrogen-bond donors (Lipinski definition) is 3. The largest absolute Gasteiger partial charge is 0.371 e. The standard InChI is InChI=1S/C38H48FN13O4/c1-46-15-20-52(38(46)56)29-3-2-12-50(24-29)36-43-35(33(34(40)54)44-45-36)41-26-4-9-31(30(39)21-26)48-18-16-47(17-19-48)22-25-10-13-49(23-25)27-5-7-28(8-6-27)51-14-11-32(53)42-37(51)55/h4-9,21,25,29H,2-3,10-20,22-24H2,1H3,(H2,40,54)(H,41,43,45)(H,42,53,55)/t25-,29-/m1/s1. The van der Waals surface area contributed by atoms with Gasteiger partial charge in [-0.25, -0.2) is 14.0 Å².